The van der Waals surface area contributed by atoms with Crippen LogP contribution in [0.1, 0.15) is 18.4 Å². The van der Waals surface area contributed by atoms with Crippen LogP contribution in [-0.2, 0) is 16.6 Å². The number of aromatic nitrogens is 1. The largest absolute Gasteiger partial charge is 0.392 e. The van der Waals surface area contributed by atoms with Gasteiger partial charge in [-0.25, -0.2) is 13.4 Å². The van der Waals surface area contributed by atoms with Crippen molar-refractivity contribution in [3.8, 4) is 0 Å². The standard InChI is InChI=1S/C14H23N3O3S/c1-16(2)10-12-5-7-17(8-6-12)21(19,20)14-4-3-13(11-18)9-15-14/h3-4,9,12,18H,5-8,10-11H2,1-2H3. The highest BCUT2D eigenvalue weighted by Gasteiger charge is 2.30. The summed E-state index contributed by atoms with van der Waals surface area (Å²) >= 11 is 0. The summed E-state index contributed by atoms with van der Waals surface area (Å²) < 4.78 is 26.5. The van der Waals surface area contributed by atoms with Crippen molar-refractivity contribution in [2.45, 2.75) is 24.5 Å². The number of nitrogens with zero attached hydrogens (tertiary/aromatic N) is 3. The number of sulfonamides is 1. The highest BCUT2D eigenvalue weighted by atomic mass is 32.2. The first-order valence-corrected chi connectivity index (χ1v) is 8.58. The molecule has 21 heavy (non-hydrogen) atoms. The number of piperidine rings is 1. The monoisotopic (exact) mass is 313 g/mol. The molecule has 1 aliphatic rings. The summed E-state index contributed by atoms with van der Waals surface area (Å²) in [7, 11) is 0.563. The van der Waals surface area contributed by atoms with Crippen molar-refractivity contribution in [1.82, 2.24) is 14.2 Å². The number of hydrogen-bond acceptors (Lipinski definition) is 5. The molecule has 0 aliphatic carbocycles. The van der Waals surface area contributed by atoms with Gasteiger partial charge in [-0.1, -0.05) is 6.07 Å². The summed E-state index contributed by atoms with van der Waals surface area (Å²) in [5.41, 5.74) is 0.610. The van der Waals surface area contributed by atoms with Crippen LogP contribution in [0, 0.1) is 5.92 Å². The van der Waals surface area contributed by atoms with E-state index in [9.17, 15) is 8.42 Å². The fourth-order valence-electron chi connectivity index (χ4n) is 2.64. The molecule has 2 rings (SSSR count). The number of aliphatic hydroxyl groups excluding tert-OH is 1. The van der Waals surface area contributed by atoms with Crippen LogP contribution in [0.15, 0.2) is 23.4 Å². The van der Waals surface area contributed by atoms with Crippen LogP contribution in [-0.4, -0.2) is 61.4 Å². The van der Waals surface area contributed by atoms with E-state index in [1.165, 1.54) is 16.6 Å². The van der Waals surface area contributed by atoms with E-state index >= 15 is 0 Å². The van der Waals surface area contributed by atoms with Crippen molar-refractivity contribution in [2.75, 3.05) is 33.7 Å². The fraction of sp³-hybridized carbons (Fsp3) is 0.643. The molecule has 1 aromatic rings. The van der Waals surface area contributed by atoms with Gasteiger partial charge in [-0.05, 0) is 44.5 Å². The summed E-state index contributed by atoms with van der Waals surface area (Å²) in [5, 5.41) is 9.04. The van der Waals surface area contributed by atoms with Crippen molar-refractivity contribution in [1.29, 1.82) is 0 Å². The molecule has 1 N–H and O–H groups in total. The topological polar surface area (TPSA) is 73.7 Å². The van der Waals surface area contributed by atoms with Gasteiger partial charge in [0.15, 0.2) is 5.03 Å². The predicted molar refractivity (Wildman–Crippen MR) is 80.2 cm³/mol. The van der Waals surface area contributed by atoms with E-state index < -0.39 is 10.0 Å². The minimum absolute atomic E-state index is 0.0609. The minimum atomic E-state index is -3.51. The molecule has 0 amide bonds. The Morgan fingerprint density at radius 2 is 2.00 bits per heavy atom. The van der Waals surface area contributed by atoms with Crippen LogP contribution in [0.25, 0.3) is 0 Å². The maximum absolute atomic E-state index is 12.5. The Balaban J connectivity index is 2.03. The quantitative estimate of drug-likeness (QED) is 0.859. The lowest BCUT2D eigenvalue weighted by Crippen LogP contribution is -2.40. The van der Waals surface area contributed by atoms with Crippen LogP contribution in [0.4, 0.5) is 0 Å². The van der Waals surface area contributed by atoms with E-state index in [0.717, 1.165) is 19.4 Å². The van der Waals surface area contributed by atoms with Crippen molar-refractivity contribution < 1.29 is 13.5 Å². The molecule has 0 bridgehead atoms. The van der Waals surface area contributed by atoms with Gasteiger partial charge in [0, 0.05) is 25.8 Å². The summed E-state index contributed by atoms with van der Waals surface area (Å²) in [5.74, 6) is 0.552. The molecule has 1 fully saturated rings. The summed E-state index contributed by atoms with van der Waals surface area (Å²) in [6.45, 7) is 1.95. The van der Waals surface area contributed by atoms with E-state index in [4.69, 9.17) is 5.11 Å². The van der Waals surface area contributed by atoms with Gasteiger partial charge in [0.25, 0.3) is 10.0 Å². The summed E-state index contributed by atoms with van der Waals surface area (Å²) in [4.78, 5) is 6.11. The first kappa shape index (κ1) is 16.4. The maximum atomic E-state index is 12.5. The van der Waals surface area contributed by atoms with E-state index in [0.29, 0.717) is 24.6 Å². The van der Waals surface area contributed by atoms with Crippen molar-refractivity contribution >= 4 is 10.0 Å². The Morgan fingerprint density at radius 3 is 2.48 bits per heavy atom. The van der Waals surface area contributed by atoms with Gasteiger partial charge in [-0.15, -0.1) is 0 Å². The van der Waals surface area contributed by atoms with Crippen molar-refractivity contribution in [2.24, 2.45) is 5.92 Å². The Labute approximate surface area is 126 Å². The molecule has 0 unspecified atom stereocenters. The Morgan fingerprint density at radius 1 is 1.33 bits per heavy atom. The third-order valence-electron chi connectivity index (χ3n) is 3.78. The molecule has 7 heteroatoms. The summed E-state index contributed by atoms with van der Waals surface area (Å²) in [6.07, 6.45) is 3.17. The normalized spacial score (nSPS) is 18.3. The Kier molecular flexibility index (Phi) is 5.32. The van der Waals surface area contributed by atoms with Gasteiger partial charge in [0.2, 0.25) is 0 Å². The van der Waals surface area contributed by atoms with Crippen LogP contribution >= 0.6 is 0 Å². The zero-order chi connectivity index (χ0) is 15.5. The molecular weight excluding hydrogens is 290 g/mol. The zero-order valence-electron chi connectivity index (χ0n) is 12.6. The lowest BCUT2D eigenvalue weighted by atomic mass is 9.98. The highest BCUT2D eigenvalue weighted by molar-refractivity contribution is 7.89. The molecule has 0 spiro atoms. The number of pyridine rings is 1. The molecule has 6 nitrogen and oxygen atoms in total. The average molecular weight is 313 g/mol. The van der Waals surface area contributed by atoms with Gasteiger partial charge in [-0.2, -0.15) is 4.31 Å². The molecule has 118 valence electrons. The Hall–Kier alpha value is -1.02. The molecule has 1 saturated heterocycles. The van der Waals surface area contributed by atoms with E-state index in [1.54, 1.807) is 6.07 Å². The average Bonchev–Trinajstić information content (AvgIpc) is 2.47. The number of rotatable bonds is 5. The van der Waals surface area contributed by atoms with Gasteiger partial charge in [-0.3, -0.25) is 0 Å². The fourth-order valence-corrected chi connectivity index (χ4v) is 4.02. The molecule has 0 aromatic carbocycles. The smallest absolute Gasteiger partial charge is 0.260 e. The summed E-state index contributed by atoms with van der Waals surface area (Å²) in [6, 6.07) is 3.06. The lowest BCUT2D eigenvalue weighted by molar-refractivity contribution is 0.224. The second-order valence-corrected chi connectivity index (χ2v) is 7.66. The molecule has 0 atom stereocenters. The maximum Gasteiger partial charge on any atom is 0.260 e. The SMILES string of the molecule is CN(C)CC1CCN(S(=O)(=O)c2ccc(CO)cn2)CC1. The van der Waals surface area contributed by atoms with Crippen LogP contribution in [0.5, 0.6) is 0 Å². The molecule has 2 heterocycles. The van der Waals surface area contributed by atoms with Crippen LogP contribution < -0.4 is 0 Å². The number of hydrogen-bond donors (Lipinski definition) is 1. The minimum Gasteiger partial charge on any atom is -0.392 e. The van der Waals surface area contributed by atoms with Gasteiger partial charge < -0.3 is 10.0 Å². The van der Waals surface area contributed by atoms with Crippen LogP contribution in [0.3, 0.4) is 0 Å². The highest BCUT2D eigenvalue weighted by Crippen LogP contribution is 2.23. The van der Waals surface area contributed by atoms with Gasteiger partial charge >= 0.3 is 0 Å². The second-order valence-electron chi connectivity index (χ2n) is 5.77. The van der Waals surface area contributed by atoms with E-state index in [-0.39, 0.29) is 11.6 Å². The Bertz CT molecular complexity index is 549. The van der Waals surface area contributed by atoms with Gasteiger partial charge in [0.1, 0.15) is 0 Å². The third kappa shape index (κ3) is 4.00. The first-order valence-electron chi connectivity index (χ1n) is 7.14. The zero-order valence-corrected chi connectivity index (χ0v) is 13.4. The van der Waals surface area contributed by atoms with Crippen LogP contribution in [0.2, 0.25) is 0 Å². The molecular formula is C14H23N3O3S. The van der Waals surface area contributed by atoms with Crippen molar-refractivity contribution in [3.63, 3.8) is 0 Å². The molecule has 0 saturated carbocycles. The van der Waals surface area contributed by atoms with E-state index in [2.05, 4.69) is 9.88 Å². The predicted octanol–water partition coefficient (Wildman–Crippen LogP) is 0.536. The number of aliphatic hydroxyl groups is 1. The van der Waals surface area contributed by atoms with Gasteiger partial charge in [0.05, 0.1) is 6.61 Å². The molecule has 1 aromatic heterocycles. The van der Waals surface area contributed by atoms with Crippen molar-refractivity contribution in [3.05, 3.63) is 23.9 Å². The lowest BCUT2D eigenvalue weighted by Gasteiger charge is -2.32. The third-order valence-corrected chi connectivity index (χ3v) is 5.60. The molecule has 1 aliphatic heterocycles. The van der Waals surface area contributed by atoms with E-state index in [1.807, 2.05) is 14.1 Å². The molecule has 0 radical (unpaired) electrons. The first-order chi connectivity index (χ1) is 9.93. The second kappa shape index (κ2) is 6.83.